The van der Waals surface area contributed by atoms with Crippen molar-refractivity contribution in [2.24, 2.45) is 5.92 Å². The molecule has 2 heterocycles. The van der Waals surface area contributed by atoms with E-state index in [1.54, 1.807) is 25.3 Å². The summed E-state index contributed by atoms with van der Waals surface area (Å²) in [4.78, 5) is 19.2. The number of carbonyl (C=O) groups is 1. The monoisotopic (exact) mass is 505 g/mol. The maximum absolute atomic E-state index is 12.2. The van der Waals surface area contributed by atoms with Gasteiger partial charge in [0, 0.05) is 43.3 Å². The lowest BCUT2D eigenvalue weighted by Crippen LogP contribution is -2.39. The average molecular weight is 506 g/mol. The van der Waals surface area contributed by atoms with Crippen molar-refractivity contribution in [2.75, 3.05) is 37.0 Å². The highest BCUT2D eigenvalue weighted by atomic mass is 35.5. The highest BCUT2D eigenvalue weighted by molar-refractivity contribution is 7.09. The summed E-state index contributed by atoms with van der Waals surface area (Å²) in [6.45, 7) is 2.42. The van der Waals surface area contributed by atoms with E-state index >= 15 is 0 Å². The van der Waals surface area contributed by atoms with E-state index in [1.165, 1.54) is 11.5 Å². The Balaban J connectivity index is 1.22. The number of methoxy groups -OCH3 is 1. The van der Waals surface area contributed by atoms with Crippen LogP contribution in [0.5, 0.6) is 5.75 Å². The molecule has 0 radical (unpaired) electrons. The largest absolute Gasteiger partial charge is 0.497 e. The molecule has 33 heavy (non-hydrogen) atoms. The number of nitrogens with zero attached hydrogens (tertiary/aromatic N) is 3. The number of hydrogen-bond acceptors (Lipinski definition) is 6. The number of urea groups is 1. The number of ether oxygens (including phenoxy) is 1. The van der Waals surface area contributed by atoms with Gasteiger partial charge in [-0.3, -0.25) is 0 Å². The van der Waals surface area contributed by atoms with Gasteiger partial charge in [-0.15, -0.1) is 0 Å². The number of piperidine rings is 1. The van der Waals surface area contributed by atoms with Crippen LogP contribution in [0.4, 0.5) is 15.6 Å². The first kappa shape index (κ1) is 23.6. The second-order valence-electron chi connectivity index (χ2n) is 7.92. The van der Waals surface area contributed by atoms with Gasteiger partial charge in [0.15, 0.2) is 0 Å². The zero-order valence-corrected chi connectivity index (χ0v) is 20.5. The summed E-state index contributed by atoms with van der Waals surface area (Å²) in [5.41, 5.74) is 1.74. The van der Waals surface area contributed by atoms with Gasteiger partial charge in [-0.2, -0.15) is 4.37 Å². The van der Waals surface area contributed by atoms with Gasteiger partial charge >= 0.3 is 6.03 Å². The van der Waals surface area contributed by atoms with Crippen LogP contribution in [-0.4, -0.2) is 42.1 Å². The van der Waals surface area contributed by atoms with Crippen molar-refractivity contribution >= 4 is 51.6 Å². The fourth-order valence-corrected chi connectivity index (χ4v) is 4.76. The molecule has 2 N–H and O–H groups in total. The smallest absolute Gasteiger partial charge is 0.319 e. The van der Waals surface area contributed by atoms with Crippen molar-refractivity contribution in [3.8, 4) is 5.75 Å². The lowest BCUT2D eigenvalue weighted by Gasteiger charge is -2.31. The van der Waals surface area contributed by atoms with Gasteiger partial charge in [-0.25, -0.2) is 9.78 Å². The Hall–Kier alpha value is -2.55. The van der Waals surface area contributed by atoms with Crippen LogP contribution in [0, 0.1) is 5.92 Å². The summed E-state index contributed by atoms with van der Waals surface area (Å²) >= 11 is 13.3. The van der Waals surface area contributed by atoms with E-state index in [2.05, 4.69) is 26.0 Å². The Morgan fingerprint density at radius 2 is 2.00 bits per heavy atom. The Kier molecular flexibility index (Phi) is 7.90. The normalized spacial score (nSPS) is 14.2. The standard InChI is InChI=1S/C23H25Cl2N5O2S/c1-32-18-4-2-3-16(11-18)12-21-28-23(33-29-21)30-9-7-15(8-10-30)14-26-22(31)27-17-5-6-19(24)20(25)13-17/h2-6,11,13,15H,7-10,12,14H2,1H3,(H2,26,27,31). The second kappa shape index (κ2) is 11.0. The molecule has 1 fully saturated rings. The molecule has 0 atom stereocenters. The first-order valence-electron chi connectivity index (χ1n) is 10.7. The van der Waals surface area contributed by atoms with E-state index in [9.17, 15) is 4.79 Å². The summed E-state index contributed by atoms with van der Waals surface area (Å²) in [5.74, 6) is 2.08. The minimum Gasteiger partial charge on any atom is -0.497 e. The molecule has 0 saturated carbocycles. The van der Waals surface area contributed by atoms with Crippen LogP contribution in [0.3, 0.4) is 0 Å². The highest BCUT2D eigenvalue weighted by Crippen LogP contribution is 2.26. The second-order valence-corrected chi connectivity index (χ2v) is 9.46. The Labute approximate surface area is 207 Å². The first-order valence-corrected chi connectivity index (χ1v) is 12.2. The minimum absolute atomic E-state index is 0.248. The Morgan fingerprint density at radius 3 is 2.76 bits per heavy atom. The number of carbonyl (C=O) groups excluding carboxylic acids is 1. The molecular formula is C23H25Cl2N5O2S. The van der Waals surface area contributed by atoms with E-state index < -0.39 is 0 Å². The molecule has 174 valence electrons. The quantitative estimate of drug-likeness (QED) is 0.444. The summed E-state index contributed by atoms with van der Waals surface area (Å²) < 4.78 is 9.83. The molecule has 2 aromatic carbocycles. The molecule has 1 saturated heterocycles. The molecule has 10 heteroatoms. The van der Waals surface area contributed by atoms with Gasteiger partial charge in [-0.1, -0.05) is 35.3 Å². The minimum atomic E-state index is -0.248. The third kappa shape index (κ3) is 6.50. The molecule has 0 aliphatic carbocycles. The SMILES string of the molecule is COc1cccc(Cc2nsc(N3CCC(CNC(=O)Nc4ccc(Cl)c(Cl)c4)CC3)n2)c1. The average Bonchev–Trinajstić information content (AvgIpc) is 3.29. The van der Waals surface area contributed by atoms with Gasteiger partial charge < -0.3 is 20.3 Å². The fourth-order valence-electron chi connectivity index (χ4n) is 3.72. The number of halogens is 2. The summed E-state index contributed by atoms with van der Waals surface area (Å²) in [5, 5.41) is 7.55. The maximum Gasteiger partial charge on any atom is 0.319 e. The predicted octanol–water partition coefficient (Wildman–Crippen LogP) is 5.48. The van der Waals surface area contributed by atoms with E-state index in [1.807, 2.05) is 18.2 Å². The number of anilines is 2. The molecule has 3 aromatic rings. The van der Waals surface area contributed by atoms with Crippen LogP contribution in [-0.2, 0) is 6.42 Å². The molecule has 0 bridgehead atoms. The molecule has 1 aliphatic heterocycles. The van der Waals surface area contributed by atoms with Crippen LogP contribution in [0.15, 0.2) is 42.5 Å². The lowest BCUT2D eigenvalue weighted by molar-refractivity contribution is 0.248. The zero-order valence-electron chi connectivity index (χ0n) is 18.2. The van der Waals surface area contributed by atoms with Crippen molar-refractivity contribution in [1.82, 2.24) is 14.7 Å². The van der Waals surface area contributed by atoms with Crippen LogP contribution in [0.25, 0.3) is 0 Å². The Morgan fingerprint density at radius 1 is 1.18 bits per heavy atom. The van der Waals surface area contributed by atoms with Crippen molar-refractivity contribution in [3.63, 3.8) is 0 Å². The van der Waals surface area contributed by atoms with Crippen molar-refractivity contribution in [1.29, 1.82) is 0 Å². The molecule has 1 aliphatic rings. The number of aromatic nitrogens is 2. The van der Waals surface area contributed by atoms with Crippen LogP contribution >= 0.6 is 34.7 Å². The van der Waals surface area contributed by atoms with Crippen molar-refractivity contribution in [2.45, 2.75) is 19.3 Å². The lowest BCUT2D eigenvalue weighted by atomic mass is 9.97. The van der Waals surface area contributed by atoms with Crippen LogP contribution in [0.2, 0.25) is 10.0 Å². The molecule has 0 spiro atoms. The van der Waals surface area contributed by atoms with E-state index in [0.29, 0.717) is 34.6 Å². The summed E-state index contributed by atoms with van der Waals surface area (Å²) in [6.07, 6.45) is 2.65. The van der Waals surface area contributed by atoms with Crippen LogP contribution < -0.4 is 20.3 Å². The van der Waals surface area contributed by atoms with E-state index in [4.69, 9.17) is 32.9 Å². The molecule has 4 rings (SSSR count). The number of nitrogens with one attached hydrogen (secondary N) is 2. The third-order valence-electron chi connectivity index (χ3n) is 5.57. The maximum atomic E-state index is 12.2. The number of hydrogen-bond donors (Lipinski definition) is 2. The molecule has 1 aromatic heterocycles. The number of rotatable bonds is 7. The first-order chi connectivity index (χ1) is 16.0. The predicted molar refractivity (Wildman–Crippen MR) is 134 cm³/mol. The zero-order chi connectivity index (χ0) is 23.2. The summed E-state index contributed by atoms with van der Waals surface area (Å²) in [7, 11) is 1.67. The van der Waals surface area contributed by atoms with Gasteiger partial charge in [0.1, 0.15) is 11.6 Å². The highest BCUT2D eigenvalue weighted by Gasteiger charge is 2.22. The molecule has 2 amide bonds. The van der Waals surface area contributed by atoms with Crippen LogP contribution in [0.1, 0.15) is 24.2 Å². The topological polar surface area (TPSA) is 79.4 Å². The number of benzene rings is 2. The van der Waals surface area contributed by atoms with E-state index in [0.717, 1.165) is 48.2 Å². The van der Waals surface area contributed by atoms with Gasteiger partial charge in [0.25, 0.3) is 0 Å². The van der Waals surface area contributed by atoms with E-state index in [-0.39, 0.29) is 6.03 Å². The fraction of sp³-hybridized carbons (Fsp3) is 0.348. The third-order valence-corrected chi connectivity index (χ3v) is 7.12. The molecule has 7 nitrogen and oxygen atoms in total. The molecule has 0 unspecified atom stereocenters. The Bertz CT molecular complexity index is 1100. The summed E-state index contributed by atoms with van der Waals surface area (Å²) in [6, 6.07) is 12.7. The van der Waals surface area contributed by atoms with Gasteiger partial charge in [-0.05, 0) is 54.7 Å². The van der Waals surface area contributed by atoms with Crippen molar-refractivity contribution < 1.29 is 9.53 Å². The van der Waals surface area contributed by atoms with Gasteiger partial charge in [0.2, 0.25) is 5.13 Å². The van der Waals surface area contributed by atoms with Crippen molar-refractivity contribution in [3.05, 3.63) is 63.9 Å². The number of amides is 2. The molecular weight excluding hydrogens is 481 g/mol. The van der Waals surface area contributed by atoms with Gasteiger partial charge in [0.05, 0.1) is 17.2 Å².